The first-order chi connectivity index (χ1) is 13.3. The fraction of sp³-hybridized carbons (Fsp3) is 0.182. The van der Waals surface area contributed by atoms with Crippen LogP contribution < -0.4 is 0 Å². The van der Waals surface area contributed by atoms with Gasteiger partial charge in [-0.05, 0) is 42.2 Å². The van der Waals surface area contributed by atoms with Crippen LogP contribution in [0.2, 0.25) is 0 Å². The summed E-state index contributed by atoms with van der Waals surface area (Å²) in [6.07, 6.45) is -0.0293. The highest BCUT2D eigenvalue weighted by atomic mass is 32.3. The number of benzene rings is 3. The molecule has 6 heteroatoms. The van der Waals surface area contributed by atoms with Crippen LogP contribution in [0.3, 0.4) is 0 Å². The summed E-state index contributed by atoms with van der Waals surface area (Å²) in [7, 11) is -8.20. The van der Waals surface area contributed by atoms with Crippen molar-refractivity contribution in [3.63, 3.8) is 0 Å². The summed E-state index contributed by atoms with van der Waals surface area (Å²) < 4.78 is 51.8. The van der Waals surface area contributed by atoms with E-state index in [9.17, 15) is 16.8 Å². The Hall–Kier alpha value is -2.44. The van der Waals surface area contributed by atoms with E-state index in [1.165, 1.54) is 24.3 Å². The molecule has 3 rings (SSSR count). The van der Waals surface area contributed by atoms with Crippen molar-refractivity contribution in [3.05, 3.63) is 96.6 Å². The molecule has 1 unspecified atom stereocenters. The SMILES string of the molecule is CC(CC(S(=O)(=O)c1ccccc1)S(=O)(=O)c1ccccc1)c1ccccc1. The monoisotopic (exact) mass is 414 g/mol. The first-order valence-electron chi connectivity index (χ1n) is 8.96. The van der Waals surface area contributed by atoms with E-state index >= 15 is 0 Å². The average Bonchev–Trinajstić information content (AvgIpc) is 2.73. The lowest BCUT2D eigenvalue weighted by atomic mass is 9.99. The van der Waals surface area contributed by atoms with Crippen LogP contribution in [0, 0.1) is 0 Å². The first-order valence-corrected chi connectivity index (χ1v) is 12.1. The summed E-state index contributed by atoms with van der Waals surface area (Å²) in [5.41, 5.74) is 0.902. The highest BCUT2D eigenvalue weighted by Gasteiger charge is 2.40. The highest BCUT2D eigenvalue weighted by molar-refractivity contribution is 8.09. The van der Waals surface area contributed by atoms with E-state index in [2.05, 4.69) is 0 Å². The minimum Gasteiger partial charge on any atom is -0.222 e. The lowest BCUT2D eigenvalue weighted by Gasteiger charge is -2.22. The normalized spacial score (nSPS) is 13.4. The van der Waals surface area contributed by atoms with Crippen LogP contribution in [-0.2, 0) is 19.7 Å². The van der Waals surface area contributed by atoms with Crippen molar-refractivity contribution < 1.29 is 16.8 Å². The fourth-order valence-corrected chi connectivity index (χ4v) is 7.92. The van der Waals surface area contributed by atoms with Gasteiger partial charge in [0.05, 0.1) is 9.79 Å². The quantitative estimate of drug-likeness (QED) is 0.573. The molecule has 0 bridgehead atoms. The topological polar surface area (TPSA) is 68.3 Å². The summed E-state index contributed by atoms with van der Waals surface area (Å²) >= 11 is 0. The van der Waals surface area contributed by atoms with Gasteiger partial charge in [-0.2, -0.15) is 0 Å². The molecule has 146 valence electrons. The third kappa shape index (κ3) is 4.18. The maximum absolute atomic E-state index is 13.3. The maximum atomic E-state index is 13.3. The Morgan fingerprint density at radius 2 is 0.964 bits per heavy atom. The molecule has 3 aromatic carbocycles. The second-order valence-electron chi connectivity index (χ2n) is 6.69. The van der Waals surface area contributed by atoms with Crippen LogP contribution in [0.15, 0.2) is 101 Å². The number of hydrogen-bond donors (Lipinski definition) is 0. The molecule has 0 radical (unpaired) electrons. The molecule has 0 fully saturated rings. The van der Waals surface area contributed by atoms with Gasteiger partial charge in [0.25, 0.3) is 0 Å². The van der Waals surface area contributed by atoms with Crippen LogP contribution >= 0.6 is 0 Å². The Bertz CT molecular complexity index is 1040. The second-order valence-corrected chi connectivity index (χ2v) is 11.3. The molecule has 0 heterocycles. The molecular formula is C22H22O4S2. The van der Waals surface area contributed by atoms with Gasteiger partial charge in [0.2, 0.25) is 0 Å². The molecule has 0 aliphatic carbocycles. The van der Waals surface area contributed by atoms with Gasteiger partial charge in [-0.25, -0.2) is 16.8 Å². The van der Waals surface area contributed by atoms with Crippen molar-refractivity contribution in [2.45, 2.75) is 33.6 Å². The van der Waals surface area contributed by atoms with Gasteiger partial charge in [0.1, 0.15) is 0 Å². The van der Waals surface area contributed by atoms with Crippen molar-refractivity contribution in [1.29, 1.82) is 0 Å². The minimum atomic E-state index is -4.10. The molecule has 1 atom stereocenters. The van der Waals surface area contributed by atoms with Gasteiger partial charge < -0.3 is 0 Å². The van der Waals surface area contributed by atoms with E-state index in [1.807, 2.05) is 37.3 Å². The van der Waals surface area contributed by atoms with Gasteiger partial charge in [-0.3, -0.25) is 0 Å². The number of hydrogen-bond acceptors (Lipinski definition) is 4. The third-order valence-electron chi connectivity index (χ3n) is 4.75. The molecule has 4 nitrogen and oxygen atoms in total. The first kappa shape index (κ1) is 20.3. The predicted octanol–water partition coefficient (Wildman–Crippen LogP) is 4.45. The molecular weight excluding hydrogens is 392 g/mol. The maximum Gasteiger partial charge on any atom is 0.195 e. The second kappa shape index (κ2) is 8.29. The summed E-state index contributed by atoms with van der Waals surface area (Å²) in [6, 6.07) is 24.9. The summed E-state index contributed by atoms with van der Waals surface area (Å²) in [4.78, 5) is 0.0273. The van der Waals surface area contributed by atoms with Gasteiger partial charge in [0.15, 0.2) is 24.3 Å². The average molecular weight is 415 g/mol. The van der Waals surface area contributed by atoms with Crippen molar-refractivity contribution in [2.24, 2.45) is 0 Å². The minimum absolute atomic E-state index is 0.0137. The van der Waals surface area contributed by atoms with Crippen LogP contribution in [0.25, 0.3) is 0 Å². The summed E-state index contributed by atoms with van der Waals surface area (Å²) in [5.74, 6) is -0.247. The van der Waals surface area contributed by atoms with Crippen molar-refractivity contribution in [3.8, 4) is 0 Å². The van der Waals surface area contributed by atoms with Gasteiger partial charge >= 0.3 is 0 Å². The van der Waals surface area contributed by atoms with E-state index in [0.717, 1.165) is 5.56 Å². The van der Waals surface area contributed by atoms with Crippen LogP contribution in [0.1, 0.15) is 24.8 Å². The molecule has 0 aromatic heterocycles. The molecule has 0 N–H and O–H groups in total. The number of rotatable bonds is 7. The van der Waals surface area contributed by atoms with E-state index < -0.39 is 24.3 Å². The molecule has 0 amide bonds. The number of sulfone groups is 2. The molecule has 3 aromatic rings. The van der Waals surface area contributed by atoms with E-state index in [1.54, 1.807) is 36.4 Å². The largest absolute Gasteiger partial charge is 0.222 e. The molecule has 0 aliphatic rings. The zero-order valence-corrected chi connectivity index (χ0v) is 17.1. The molecule has 0 saturated carbocycles. The van der Waals surface area contributed by atoms with Gasteiger partial charge in [-0.15, -0.1) is 0 Å². The predicted molar refractivity (Wildman–Crippen MR) is 111 cm³/mol. The van der Waals surface area contributed by atoms with Crippen LogP contribution in [0.4, 0.5) is 0 Å². The molecule has 28 heavy (non-hydrogen) atoms. The van der Waals surface area contributed by atoms with Crippen LogP contribution in [0.5, 0.6) is 0 Å². The molecule has 0 saturated heterocycles. The molecule has 0 spiro atoms. The smallest absolute Gasteiger partial charge is 0.195 e. The Morgan fingerprint density at radius 3 is 1.36 bits per heavy atom. The zero-order chi connectivity index (χ0) is 20.2. The Kier molecular flexibility index (Phi) is 6.01. The summed E-state index contributed by atoms with van der Waals surface area (Å²) in [5, 5.41) is 0. The third-order valence-corrected chi connectivity index (χ3v) is 9.90. The lowest BCUT2D eigenvalue weighted by molar-refractivity contribution is 0.559. The fourth-order valence-electron chi connectivity index (χ4n) is 3.15. The van der Waals surface area contributed by atoms with Crippen molar-refractivity contribution in [2.75, 3.05) is 0 Å². The van der Waals surface area contributed by atoms with Gasteiger partial charge in [0, 0.05) is 0 Å². The lowest BCUT2D eigenvalue weighted by Crippen LogP contribution is -2.32. The molecule has 0 aliphatic heterocycles. The highest BCUT2D eigenvalue weighted by Crippen LogP contribution is 2.33. The van der Waals surface area contributed by atoms with Crippen LogP contribution in [-0.4, -0.2) is 21.4 Å². The van der Waals surface area contributed by atoms with E-state index in [-0.39, 0.29) is 22.1 Å². The summed E-state index contributed by atoms with van der Waals surface area (Å²) in [6.45, 7) is 1.85. The van der Waals surface area contributed by atoms with E-state index in [0.29, 0.717) is 0 Å². The van der Waals surface area contributed by atoms with E-state index in [4.69, 9.17) is 0 Å². The standard InChI is InChI=1S/C22H22O4S2/c1-18(19-11-5-2-6-12-19)17-22(27(23,24)20-13-7-3-8-14-20)28(25,26)21-15-9-4-10-16-21/h2-16,18,22H,17H2,1H3. The zero-order valence-electron chi connectivity index (χ0n) is 15.5. The Balaban J connectivity index is 2.09. The van der Waals surface area contributed by atoms with Gasteiger partial charge in [-0.1, -0.05) is 73.7 Å². The van der Waals surface area contributed by atoms with Crippen molar-refractivity contribution >= 4 is 19.7 Å². The Labute approximate surface area is 166 Å². The van der Waals surface area contributed by atoms with Crippen molar-refractivity contribution in [1.82, 2.24) is 0 Å². The Morgan fingerprint density at radius 1 is 0.607 bits per heavy atom.